The second kappa shape index (κ2) is 5.13. The van der Waals surface area contributed by atoms with E-state index in [4.69, 9.17) is 0 Å². The van der Waals surface area contributed by atoms with Crippen LogP contribution in [-0.2, 0) is 11.3 Å². The summed E-state index contributed by atoms with van der Waals surface area (Å²) in [6, 6.07) is 5.55. The van der Waals surface area contributed by atoms with Crippen LogP contribution >= 0.6 is 0 Å². The Morgan fingerprint density at radius 3 is 2.67 bits per heavy atom. The van der Waals surface area contributed by atoms with Crippen molar-refractivity contribution in [2.75, 3.05) is 0 Å². The highest BCUT2D eigenvalue weighted by Crippen LogP contribution is 2.38. The van der Waals surface area contributed by atoms with Gasteiger partial charge in [-0.15, -0.1) is 0 Å². The summed E-state index contributed by atoms with van der Waals surface area (Å²) >= 11 is 0. The van der Waals surface area contributed by atoms with Gasteiger partial charge in [-0.1, -0.05) is 31.9 Å². The normalized spacial score (nSPS) is 29.0. The van der Waals surface area contributed by atoms with Crippen LogP contribution in [0.4, 0.5) is 9.18 Å². The first-order valence-corrected chi connectivity index (χ1v) is 7.41. The third-order valence-electron chi connectivity index (χ3n) is 4.76. The molecule has 4 nitrogen and oxygen atoms in total. The molecule has 1 heterocycles. The Hall–Kier alpha value is -1.91. The van der Waals surface area contributed by atoms with E-state index in [0.717, 1.165) is 24.8 Å². The molecule has 5 heteroatoms. The molecule has 2 fully saturated rings. The fourth-order valence-corrected chi connectivity index (χ4v) is 3.41. The molecule has 3 amide bonds. The minimum Gasteiger partial charge on any atom is -0.323 e. The molecule has 1 aliphatic carbocycles. The van der Waals surface area contributed by atoms with Gasteiger partial charge in [-0.05, 0) is 36.5 Å². The fraction of sp³-hybridized carbons (Fsp3) is 0.500. The van der Waals surface area contributed by atoms with Crippen LogP contribution in [0.2, 0.25) is 0 Å². The van der Waals surface area contributed by atoms with E-state index in [2.05, 4.69) is 5.32 Å². The zero-order valence-corrected chi connectivity index (χ0v) is 12.1. The number of urea groups is 1. The largest absolute Gasteiger partial charge is 0.325 e. The maximum atomic E-state index is 12.9. The molecule has 1 saturated carbocycles. The Morgan fingerprint density at radius 2 is 2.00 bits per heavy atom. The van der Waals surface area contributed by atoms with Crippen LogP contribution in [0.15, 0.2) is 24.3 Å². The monoisotopic (exact) mass is 290 g/mol. The maximum Gasteiger partial charge on any atom is 0.325 e. The second-order valence-corrected chi connectivity index (χ2v) is 6.07. The summed E-state index contributed by atoms with van der Waals surface area (Å²) < 4.78 is 12.9. The summed E-state index contributed by atoms with van der Waals surface area (Å²) in [5, 5.41) is 2.91. The number of hydrogen-bond donors (Lipinski definition) is 1. The average Bonchev–Trinajstić information content (AvgIpc) is 2.70. The van der Waals surface area contributed by atoms with E-state index in [9.17, 15) is 14.0 Å². The van der Waals surface area contributed by atoms with Crippen molar-refractivity contribution in [3.63, 3.8) is 0 Å². The summed E-state index contributed by atoms with van der Waals surface area (Å²) in [6.45, 7) is 2.22. The van der Waals surface area contributed by atoms with Gasteiger partial charge in [0.15, 0.2) is 0 Å². The van der Waals surface area contributed by atoms with E-state index in [1.165, 1.54) is 17.0 Å². The number of amides is 3. The molecular formula is C16H19FN2O2. The number of imide groups is 1. The van der Waals surface area contributed by atoms with Gasteiger partial charge in [0.25, 0.3) is 5.91 Å². The Labute approximate surface area is 123 Å². The van der Waals surface area contributed by atoms with E-state index in [0.29, 0.717) is 6.42 Å². The molecule has 112 valence electrons. The fourth-order valence-electron chi connectivity index (χ4n) is 3.41. The lowest BCUT2D eigenvalue weighted by Gasteiger charge is -2.36. The van der Waals surface area contributed by atoms with Crippen LogP contribution in [0.5, 0.6) is 0 Å². The number of hydrogen-bond acceptors (Lipinski definition) is 2. The number of nitrogens with zero attached hydrogens (tertiary/aromatic N) is 1. The highest BCUT2D eigenvalue weighted by atomic mass is 19.1. The third-order valence-corrected chi connectivity index (χ3v) is 4.76. The van der Waals surface area contributed by atoms with E-state index in [1.807, 2.05) is 6.92 Å². The highest BCUT2D eigenvalue weighted by Gasteiger charge is 2.54. The van der Waals surface area contributed by atoms with Gasteiger partial charge in [0.05, 0.1) is 6.54 Å². The predicted molar refractivity (Wildman–Crippen MR) is 75.8 cm³/mol. The molecule has 1 saturated heterocycles. The zero-order chi connectivity index (χ0) is 15.0. The molecule has 3 rings (SSSR count). The van der Waals surface area contributed by atoms with Crippen molar-refractivity contribution in [3.8, 4) is 0 Å². The van der Waals surface area contributed by atoms with Crippen molar-refractivity contribution in [1.29, 1.82) is 0 Å². The first-order chi connectivity index (χ1) is 10.0. The molecule has 0 radical (unpaired) electrons. The van der Waals surface area contributed by atoms with Crippen molar-refractivity contribution in [3.05, 3.63) is 35.6 Å². The Balaban J connectivity index is 1.82. The zero-order valence-electron chi connectivity index (χ0n) is 12.1. The van der Waals surface area contributed by atoms with Crippen molar-refractivity contribution < 1.29 is 14.0 Å². The number of rotatable bonds is 2. The van der Waals surface area contributed by atoms with Crippen LogP contribution in [-0.4, -0.2) is 22.4 Å². The molecule has 0 bridgehead atoms. The van der Waals surface area contributed by atoms with Crippen LogP contribution in [0.3, 0.4) is 0 Å². The molecule has 21 heavy (non-hydrogen) atoms. The standard InChI is InChI=1S/C16H19FN2O2/c1-11-4-2-3-9-16(11)14(20)19(15(21)18-16)10-12-5-7-13(17)8-6-12/h5-8,11H,2-4,9-10H2,1H3,(H,18,21)/t11-,16+/m0/s1. The molecule has 0 unspecified atom stereocenters. The Kier molecular flexibility index (Phi) is 3.43. The minimum atomic E-state index is -0.727. The van der Waals surface area contributed by atoms with Crippen LogP contribution in [0, 0.1) is 11.7 Å². The van der Waals surface area contributed by atoms with E-state index >= 15 is 0 Å². The smallest absolute Gasteiger partial charge is 0.323 e. The van der Waals surface area contributed by atoms with E-state index < -0.39 is 5.54 Å². The topological polar surface area (TPSA) is 49.4 Å². The van der Waals surface area contributed by atoms with Gasteiger partial charge in [-0.2, -0.15) is 0 Å². The van der Waals surface area contributed by atoms with Crippen LogP contribution in [0.25, 0.3) is 0 Å². The molecule has 2 atom stereocenters. The van der Waals surface area contributed by atoms with E-state index in [-0.39, 0.29) is 30.2 Å². The lowest BCUT2D eigenvalue weighted by Crippen LogP contribution is -2.53. The molecule has 1 aliphatic heterocycles. The SMILES string of the molecule is C[C@H]1CCCC[C@@]12NC(=O)N(Cc1ccc(F)cc1)C2=O. The lowest BCUT2D eigenvalue weighted by atomic mass is 9.73. The minimum absolute atomic E-state index is 0.135. The van der Waals surface area contributed by atoms with Gasteiger partial charge < -0.3 is 5.32 Å². The number of carbonyl (C=O) groups excluding carboxylic acids is 2. The average molecular weight is 290 g/mol. The number of benzene rings is 1. The lowest BCUT2D eigenvalue weighted by molar-refractivity contribution is -0.134. The predicted octanol–water partition coefficient (Wildman–Crippen LogP) is 2.83. The summed E-state index contributed by atoms with van der Waals surface area (Å²) in [5.41, 5.74) is 0.0236. The molecule has 1 spiro atoms. The van der Waals surface area contributed by atoms with Crippen LogP contribution < -0.4 is 5.32 Å². The number of nitrogens with one attached hydrogen (secondary N) is 1. The number of carbonyl (C=O) groups is 2. The summed E-state index contributed by atoms with van der Waals surface area (Å²) in [5.74, 6) is -0.307. The first-order valence-electron chi connectivity index (χ1n) is 7.41. The molecule has 0 aromatic heterocycles. The summed E-state index contributed by atoms with van der Waals surface area (Å²) in [7, 11) is 0. The Morgan fingerprint density at radius 1 is 1.29 bits per heavy atom. The van der Waals surface area contributed by atoms with Crippen molar-refractivity contribution >= 4 is 11.9 Å². The van der Waals surface area contributed by atoms with Gasteiger partial charge in [-0.25, -0.2) is 9.18 Å². The van der Waals surface area contributed by atoms with Gasteiger partial charge in [0, 0.05) is 0 Å². The summed E-state index contributed by atoms with van der Waals surface area (Å²) in [4.78, 5) is 26.2. The van der Waals surface area contributed by atoms with Crippen molar-refractivity contribution in [2.24, 2.45) is 5.92 Å². The van der Waals surface area contributed by atoms with Crippen molar-refractivity contribution in [2.45, 2.75) is 44.7 Å². The maximum absolute atomic E-state index is 12.9. The second-order valence-electron chi connectivity index (χ2n) is 6.07. The quantitative estimate of drug-likeness (QED) is 0.851. The van der Waals surface area contributed by atoms with Gasteiger partial charge in [0.2, 0.25) is 0 Å². The highest BCUT2D eigenvalue weighted by molar-refractivity contribution is 6.07. The van der Waals surface area contributed by atoms with Gasteiger partial charge in [0.1, 0.15) is 11.4 Å². The number of halogens is 1. The van der Waals surface area contributed by atoms with Gasteiger partial charge >= 0.3 is 6.03 Å². The first kappa shape index (κ1) is 14.0. The van der Waals surface area contributed by atoms with Gasteiger partial charge in [-0.3, -0.25) is 9.69 Å². The van der Waals surface area contributed by atoms with Crippen LogP contribution in [0.1, 0.15) is 38.2 Å². The Bertz CT molecular complexity index is 572. The third kappa shape index (κ3) is 2.30. The molecule has 1 aromatic rings. The molecule has 1 N–H and O–H groups in total. The molecule has 1 aromatic carbocycles. The van der Waals surface area contributed by atoms with E-state index in [1.54, 1.807) is 12.1 Å². The summed E-state index contributed by atoms with van der Waals surface area (Å²) in [6.07, 6.45) is 3.72. The van der Waals surface area contributed by atoms with Crippen molar-refractivity contribution in [1.82, 2.24) is 10.2 Å². The molecular weight excluding hydrogens is 271 g/mol. The molecule has 2 aliphatic rings.